The van der Waals surface area contributed by atoms with Gasteiger partial charge in [-0.1, -0.05) is 25.0 Å². The zero-order valence-electron chi connectivity index (χ0n) is 12.5. The van der Waals surface area contributed by atoms with Crippen LogP contribution in [0.5, 0.6) is 0 Å². The largest absolute Gasteiger partial charge is 0.393 e. The summed E-state index contributed by atoms with van der Waals surface area (Å²) >= 11 is 0. The van der Waals surface area contributed by atoms with Gasteiger partial charge < -0.3 is 5.11 Å². The molecule has 2 fully saturated rings. The molecular weight excluding hydrogens is 260 g/mol. The number of aliphatic hydroxyl groups excluding tert-OH is 1. The van der Waals surface area contributed by atoms with E-state index in [-0.39, 0.29) is 6.10 Å². The maximum atomic E-state index is 10.3. The molecule has 1 aliphatic heterocycles. The Bertz CT molecular complexity index is 505. The first-order valence-corrected chi connectivity index (χ1v) is 8.19. The van der Waals surface area contributed by atoms with Crippen molar-refractivity contribution in [2.75, 3.05) is 6.54 Å². The third-order valence-electron chi connectivity index (χ3n) is 5.16. The number of hydrogen-bond donors (Lipinski definition) is 1. The molecule has 3 nitrogen and oxygen atoms in total. The SMILES string of the molecule is N#Cc1ccc(CN2CCCC2C2CCCCC2O)cc1. The van der Waals surface area contributed by atoms with Crippen LogP contribution in [0.4, 0.5) is 0 Å². The third-order valence-corrected chi connectivity index (χ3v) is 5.16. The van der Waals surface area contributed by atoms with Crippen molar-refractivity contribution in [1.29, 1.82) is 5.26 Å². The van der Waals surface area contributed by atoms with Gasteiger partial charge in [-0.25, -0.2) is 0 Å². The Labute approximate surface area is 127 Å². The summed E-state index contributed by atoms with van der Waals surface area (Å²) in [5.41, 5.74) is 1.99. The van der Waals surface area contributed by atoms with Gasteiger partial charge in [0.25, 0.3) is 0 Å². The molecule has 0 bridgehead atoms. The van der Waals surface area contributed by atoms with E-state index >= 15 is 0 Å². The average Bonchev–Trinajstić information content (AvgIpc) is 2.96. The van der Waals surface area contributed by atoms with Crippen LogP contribution in [0, 0.1) is 17.2 Å². The van der Waals surface area contributed by atoms with Gasteiger partial charge in [-0.3, -0.25) is 4.90 Å². The van der Waals surface area contributed by atoms with E-state index in [1.54, 1.807) is 0 Å². The van der Waals surface area contributed by atoms with Crippen LogP contribution >= 0.6 is 0 Å². The first kappa shape index (κ1) is 14.6. The molecule has 1 saturated carbocycles. The predicted octanol–water partition coefficient (Wildman–Crippen LogP) is 3.07. The second-order valence-corrected chi connectivity index (χ2v) is 6.50. The molecule has 2 aliphatic rings. The highest BCUT2D eigenvalue weighted by atomic mass is 16.3. The maximum absolute atomic E-state index is 10.3. The molecule has 1 aromatic rings. The number of nitriles is 1. The molecule has 1 aliphatic carbocycles. The fourth-order valence-electron chi connectivity index (χ4n) is 4.04. The molecular formula is C18H24N2O. The summed E-state index contributed by atoms with van der Waals surface area (Å²) < 4.78 is 0. The number of rotatable bonds is 3. The van der Waals surface area contributed by atoms with Crippen molar-refractivity contribution in [3.8, 4) is 6.07 Å². The number of benzene rings is 1. The molecule has 0 spiro atoms. The van der Waals surface area contributed by atoms with Gasteiger partial charge >= 0.3 is 0 Å². The van der Waals surface area contributed by atoms with E-state index in [9.17, 15) is 5.11 Å². The van der Waals surface area contributed by atoms with E-state index in [0.717, 1.165) is 25.1 Å². The van der Waals surface area contributed by atoms with Crippen molar-refractivity contribution < 1.29 is 5.11 Å². The number of aliphatic hydroxyl groups is 1. The Morgan fingerprint density at radius 3 is 2.57 bits per heavy atom. The lowest BCUT2D eigenvalue weighted by Crippen LogP contribution is -2.42. The van der Waals surface area contributed by atoms with Crippen LogP contribution in [0.25, 0.3) is 0 Å². The Balaban J connectivity index is 1.67. The fraction of sp³-hybridized carbons (Fsp3) is 0.611. The lowest BCUT2D eigenvalue weighted by Gasteiger charge is -2.37. The Morgan fingerprint density at radius 2 is 1.86 bits per heavy atom. The normalized spacial score (nSPS) is 30.2. The molecule has 0 aromatic heterocycles. The van der Waals surface area contributed by atoms with Crippen LogP contribution in [-0.2, 0) is 6.54 Å². The molecule has 0 radical (unpaired) electrons. The van der Waals surface area contributed by atoms with E-state index in [2.05, 4.69) is 23.1 Å². The van der Waals surface area contributed by atoms with Gasteiger partial charge in [0, 0.05) is 18.5 Å². The molecule has 21 heavy (non-hydrogen) atoms. The number of hydrogen-bond acceptors (Lipinski definition) is 3. The molecule has 3 rings (SSSR count). The van der Waals surface area contributed by atoms with Gasteiger partial charge in [0.1, 0.15) is 0 Å². The van der Waals surface area contributed by atoms with Gasteiger partial charge in [-0.05, 0) is 49.9 Å². The van der Waals surface area contributed by atoms with E-state index in [0.29, 0.717) is 12.0 Å². The summed E-state index contributed by atoms with van der Waals surface area (Å²) in [6, 6.07) is 10.6. The van der Waals surface area contributed by atoms with E-state index in [4.69, 9.17) is 5.26 Å². The highest BCUT2D eigenvalue weighted by Crippen LogP contribution is 2.35. The molecule has 1 saturated heterocycles. The van der Waals surface area contributed by atoms with Crippen molar-refractivity contribution in [2.45, 2.75) is 57.2 Å². The van der Waals surface area contributed by atoms with Crippen molar-refractivity contribution in [1.82, 2.24) is 4.90 Å². The monoisotopic (exact) mass is 284 g/mol. The van der Waals surface area contributed by atoms with Gasteiger partial charge in [0.2, 0.25) is 0 Å². The topological polar surface area (TPSA) is 47.3 Å². The minimum absolute atomic E-state index is 0.106. The second-order valence-electron chi connectivity index (χ2n) is 6.50. The second kappa shape index (κ2) is 6.60. The van der Waals surface area contributed by atoms with E-state index in [1.165, 1.54) is 37.7 Å². The zero-order valence-corrected chi connectivity index (χ0v) is 12.5. The van der Waals surface area contributed by atoms with Crippen molar-refractivity contribution >= 4 is 0 Å². The van der Waals surface area contributed by atoms with Crippen LogP contribution in [0.3, 0.4) is 0 Å². The summed E-state index contributed by atoms with van der Waals surface area (Å²) in [4.78, 5) is 2.54. The van der Waals surface area contributed by atoms with Crippen LogP contribution in [0.2, 0.25) is 0 Å². The minimum atomic E-state index is -0.106. The minimum Gasteiger partial charge on any atom is -0.393 e. The molecule has 1 N–H and O–H groups in total. The molecule has 1 aromatic carbocycles. The van der Waals surface area contributed by atoms with Gasteiger partial charge in [0.15, 0.2) is 0 Å². The molecule has 0 amide bonds. The lowest BCUT2D eigenvalue weighted by atomic mass is 9.80. The summed E-state index contributed by atoms with van der Waals surface area (Å²) in [5, 5.41) is 19.2. The van der Waals surface area contributed by atoms with Crippen molar-refractivity contribution in [3.05, 3.63) is 35.4 Å². The molecule has 112 valence electrons. The summed E-state index contributed by atoms with van der Waals surface area (Å²) in [6.45, 7) is 2.08. The highest BCUT2D eigenvalue weighted by molar-refractivity contribution is 5.31. The maximum Gasteiger partial charge on any atom is 0.0991 e. The summed E-state index contributed by atoms with van der Waals surface area (Å²) in [7, 11) is 0. The zero-order chi connectivity index (χ0) is 14.7. The quantitative estimate of drug-likeness (QED) is 0.928. The Kier molecular flexibility index (Phi) is 4.57. The van der Waals surface area contributed by atoms with Crippen LogP contribution in [-0.4, -0.2) is 28.7 Å². The molecule has 3 atom stereocenters. The summed E-state index contributed by atoms with van der Waals surface area (Å²) in [6.07, 6.45) is 6.96. The first-order valence-electron chi connectivity index (χ1n) is 8.19. The van der Waals surface area contributed by atoms with Crippen molar-refractivity contribution in [3.63, 3.8) is 0 Å². The third kappa shape index (κ3) is 3.28. The van der Waals surface area contributed by atoms with E-state index in [1.807, 2.05) is 12.1 Å². The molecule has 1 heterocycles. The van der Waals surface area contributed by atoms with Crippen molar-refractivity contribution in [2.24, 2.45) is 5.92 Å². The number of likely N-dealkylation sites (tertiary alicyclic amines) is 1. The highest BCUT2D eigenvalue weighted by Gasteiger charge is 2.36. The number of nitrogens with zero attached hydrogens (tertiary/aromatic N) is 2. The van der Waals surface area contributed by atoms with Gasteiger partial charge in [-0.15, -0.1) is 0 Å². The van der Waals surface area contributed by atoms with E-state index < -0.39 is 0 Å². The Morgan fingerprint density at radius 1 is 1.10 bits per heavy atom. The standard InChI is InChI=1S/C18H24N2O/c19-12-14-7-9-15(10-8-14)13-20-11-3-5-17(20)16-4-1-2-6-18(16)21/h7-10,16-18,21H,1-6,11,13H2. The molecule has 3 unspecified atom stereocenters. The fourth-order valence-corrected chi connectivity index (χ4v) is 4.04. The van der Waals surface area contributed by atoms with Crippen LogP contribution in [0.1, 0.15) is 49.7 Å². The van der Waals surface area contributed by atoms with Gasteiger partial charge in [0.05, 0.1) is 17.7 Å². The molecule has 3 heteroatoms. The van der Waals surface area contributed by atoms with Crippen LogP contribution < -0.4 is 0 Å². The lowest BCUT2D eigenvalue weighted by molar-refractivity contribution is 0.0201. The van der Waals surface area contributed by atoms with Crippen LogP contribution in [0.15, 0.2) is 24.3 Å². The Hall–Kier alpha value is -1.37. The first-order chi connectivity index (χ1) is 10.3. The summed E-state index contributed by atoms with van der Waals surface area (Å²) in [5.74, 6) is 0.458. The average molecular weight is 284 g/mol. The predicted molar refractivity (Wildman–Crippen MR) is 82.6 cm³/mol. The smallest absolute Gasteiger partial charge is 0.0991 e. The van der Waals surface area contributed by atoms with Gasteiger partial charge in [-0.2, -0.15) is 5.26 Å².